The number of pyridine rings is 1. The zero-order valence-corrected chi connectivity index (χ0v) is 8.16. The van der Waals surface area contributed by atoms with Crippen LogP contribution in [0.3, 0.4) is 0 Å². The minimum atomic E-state index is -1.08. The number of carbonyl (C=O) groups is 1. The lowest BCUT2D eigenvalue weighted by Crippen LogP contribution is -2.08. The molecule has 1 heterocycles. The van der Waals surface area contributed by atoms with Crippen molar-refractivity contribution >= 4 is 11.9 Å². The summed E-state index contributed by atoms with van der Waals surface area (Å²) in [6, 6.07) is 3.58. The number of unbranched alkanes of at least 4 members (excludes halogenated alkanes) is 1. The van der Waals surface area contributed by atoms with Gasteiger partial charge in [-0.25, -0.2) is 9.78 Å². The van der Waals surface area contributed by atoms with Crippen LogP contribution in [-0.2, 0) is 6.42 Å². The molecule has 1 aromatic heterocycles. The fourth-order valence-corrected chi connectivity index (χ4v) is 1.14. The molecule has 1 amide bonds. The lowest BCUT2D eigenvalue weighted by Gasteiger charge is -2.01. The Morgan fingerprint density at radius 1 is 1.57 bits per heavy atom. The van der Waals surface area contributed by atoms with Gasteiger partial charge in [-0.05, 0) is 24.5 Å². The van der Waals surface area contributed by atoms with Gasteiger partial charge in [0.05, 0.1) is 0 Å². The number of aromatic nitrogens is 1. The maximum atomic E-state index is 10.3. The van der Waals surface area contributed by atoms with Crippen LogP contribution in [-0.4, -0.2) is 16.2 Å². The Morgan fingerprint density at radius 2 is 2.36 bits per heavy atom. The molecule has 0 fully saturated rings. The van der Waals surface area contributed by atoms with E-state index in [0.717, 1.165) is 24.8 Å². The molecule has 0 aliphatic carbocycles. The molecule has 14 heavy (non-hydrogen) atoms. The lowest BCUT2D eigenvalue weighted by atomic mass is 10.1. The molecule has 0 saturated carbocycles. The highest BCUT2D eigenvalue weighted by molar-refractivity contribution is 5.81. The van der Waals surface area contributed by atoms with Gasteiger partial charge in [0.15, 0.2) is 0 Å². The molecule has 0 aliphatic heterocycles. The summed E-state index contributed by atoms with van der Waals surface area (Å²) >= 11 is 0. The molecular weight excluding hydrogens is 180 g/mol. The van der Waals surface area contributed by atoms with Crippen molar-refractivity contribution in [2.75, 3.05) is 5.32 Å². The number of hydrogen-bond acceptors (Lipinski definition) is 2. The van der Waals surface area contributed by atoms with Crippen LogP contribution in [0.4, 0.5) is 10.6 Å². The SMILES string of the molecule is CCCCc1ccc(NC(=O)O)nc1. The highest BCUT2D eigenvalue weighted by Crippen LogP contribution is 2.07. The molecule has 0 aromatic carbocycles. The Labute approximate surface area is 83.0 Å². The number of carboxylic acid groups (broad SMARTS) is 1. The van der Waals surface area contributed by atoms with Gasteiger partial charge in [-0.15, -0.1) is 0 Å². The third-order valence-corrected chi connectivity index (χ3v) is 1.88. The Bertz CT molecular complexity index is 295. The number of amides is 1. The van der Waals surface area contributed by atoms with Gasteiger partial charge in [-0.1, -0.05) is 19.4 Å². The highest BCUT2D eigenvalue weighted by Gasteiger charge is 1.98. The van der Waals surface area contributed by atoms with Crippen molar-refractivity contribution in [2.45, 2.75) is 26.2 Å². The van der Waals surface area contributed by atoms with Crippen LogP contribution in [0.15, 0.2) is 18.3 Å². The summed E-state index contributed by atoms with van der Waals surface area (Å²) in [5.74, 6) is 0.373. The first-order valence-corrected chi connectivity index (χ1v) is 4.67. The summed E-state index contributed by atoms with van der Waals surface area (Å²) in [5.41, 5.74) is 1.14. The van der Waals surface area contributed by atoms with Crippen molar-refractivity contribution in [1.82, 2.24) is 4.98 Å². The summed E-state index contributed by atoms with van der Waals surface area (Å²) < 4.78 is 0. The molecule has 2 N–H and O–H groups in total. The van der Waals surface area contributed by atoms with Crippen molar-refractivity contribution in [3.8, 4) is 0 Å². The van der Waals surface area contributed by atoms with Crippen molar-refractivity contribution in [3.63, 3.8) is 0 Å². The number of rotatable bonds is 4. The summed E-state index contributed by atoms with van der Waals surface area (Å²) in [4.78, 5) is 14.3. The average molecular weight is 194 g/mol. The van der Waals surface area contributed by atoms with E-state index in [9.17, 15) is 4.79 Å². The van der Waals surface area contributed by atoms with Gasteiger partial charge >= 0.3 is 6.09 Å². The normalized spacial score (nSPS) is 9.79. The molecule has 0 atom stereocenters. The lowest BCUT2D eigenvalue weighted by molar-refractivity contribution is 0.209. The molecule has 1 rings (SSSR count). The summed E-state index contributed by atoms with van der Waals surface area (Å²) in [7, 11) is 0. The highest BCUT2D eigenvalue weighted by atomic mass is 16.4. The van der Waals surface area contributed by atoms with E-state index in [2.05, 4.69) is 17.2 Å². The molecule has 1 aromatic rings. The maximum Gasteiger partial charge on any atom is 0.410 e. The van der Waals surface area contributed by atoms with Crippen molar-refractivity contribution in [3.05, 3.63) is 23.9 Å². The van der Waals surface area contributed by atoms with Crippen molar-refractivity contribution < 1.29 is 9.90 Å². The van der Waals surface area contributed by atoms with Crippen LogP contribution < -0.4 is 5.32 Å². The predicted molar refractivity (Wildman–Crippen MR) is 54.5 cm³/mol. The van der Waals surface area contributed by atoms with E-state index in [1.54, 1.807) is 12.3 Å². The number of anilines is 1. The van der Waals surface area contributed by atoms with E-state index < -0.39 is 6.09 Å². The summed E-state index contributed by atoms with van der Waals surface area (Å²) in [5, 5.41) is 10.6. The fourth-order valence-electron chi connectivity index (χ4n) is 1.14. The first-order valence-electron chi connectivity index (χ1n) is 4.67. The molecule has 0 aliphatic rings. The molecule has 0 spiro atoms. The van der Waals surface area contributed by atoms with E-state index in [-0.39, 0.29) is 0 Å². The Hall–Kier alpha value is -1.58. The zero-order chi connectivity index (χ0) is 10.4. The predicted octanol–water partition coefficient (Wildman–Crippen LogP) is 2.51. The van der Waals surface area contributed by atoms with Gasteiger partial charge in [0.25, 0.3) is 0 Å². The van der Waals surface area contributed by atoms with Crippen LogP contribution in [0.1, 0.15) is 25.3 Å². The first-order chi connectivity index (χ1) is 6.72. The fraction of sp³-hybridized carbons (Fsp3) is 0.400. The zero-order valence-electron chi connectivity index (χ0n) is 8.16. The Balaban J connectivity index is 2.54. The topological polar surface area (TPSA) is 62.2 Å². The van der Waals surface area contributed by atoms with Gasteiger partial charge < -0.3 is 5.11 Å². The second kappa shape index (κ2) is 5.21. The van der Waals surface area contributed by atoms with Crippen LogP contribution in [0.25, 0.3) is 0 Å². The van der Waals surface area contributed by atoms with E-state index in [1.807, 2.05) is 6.07 Å². The van der Waals surface area contributed by atoms with Crippen LogP contribution in [0.2, 0.25) is 0 Å². The van der Waals surface area contributed by atoms with E-state index in [0.29, 0.717) is 5.82 Å². The summed E-state index contributed by atoms with van der Waals surface area (Å²) in [6.45, 7) is 2.13. The quantitative estimate of drug-likeness (QED) is 0.774. The molecule has 4 heteroatoms. The number of nitrogens with one attached hydrogen (secondary N) is 1. The summed E-state index contributed by atoms with van der Waals surface area (Å²) in [6.07, 6.45) is 3.90. The third-order valence-electron chi connectivity index (χ3n) is 1.88. The monoisotopic (exact) mass is 194 g/mol. The van der Waals surface area contributed by atoms with Gasteiger partial charge in [0, 0.05) is 6.20 Å². The Morgan fingerprint density at radius 3 is 2.86 bits per heavy atom. The van der Waals surface area contributed by atoms with Crippen LogP contribution >= 0.6 is 0 Å². The van der Waals surface area contributed by atoms with E-state index >= 15 is 0 Å². The van der Waals surface area contributed by atoms with Gasteiger partial charge in [0.2, 0.25) is 0 Å². The average Bonchev–Trinajstić information content (AvgIpc) is 2.16. The smallest absolute Gasteiger partial charge is 0.410 e. The first kappa shape index (κ1) is 10.5. The molecule has 76 valence electrons. The molecular formula is C10H14N2O2. The van der Waals surface area contributed by atoms with Crippen LogP contribution in [0, 0.1) is 0 Å². The third kappa shape index (κ3) is 3.43. The van der Waals surface area contributed by atoms with Crippen molar-refractivity contribution in [2.24, 2.45) is 0 Å². The maximum absolute atomic E-state index is 10.3. The van der Waals surface area contributed by atoms with Crippen molar-refractivity contribution in [1.29, 1.82) is 0 Å². The molecule has 4 nitrogen and oxygen atoms in total. The standard InChI is InChI=1S/C10H14N2O2/c1-2-3-4-8-5-6-9(11-7-8)12-10(13)14/h5-7H,2-4H2,1H3,(H,11,12)(H,13,14). The minimum absolute atomic E-state index is 0.373. The Kier molecular flexibility index (Phi) is 3.91. The molecule has 0 saturated heterocycles. The number of hydrogen-bond donors (Lipinski definition) is 2. The second-order valence-corrected chi connectivity index (χ2v) is 3.09. The molecule has 0 radical (unpaired) electrons. The van der Waals surface area contributed by atoms with Gasteiger partial charge in [-0.2, -0.15) is 0 Å². The minimum Gasteiger partial charge on any atom is -0.465 e. The largest absolute Gasteiger partial charge is 0.465 e. The number of aryl methyl sites for hydroxylation is 1. The molecule has 0 unspecified atom stereocenters. The van der Waals surface area contributed by atoms with E-state index in [4.69, 9.17) is 5.11 Å². The number of nitrogens with zero attached hydrogens (tertiary/aromatic N) is 1. The second-order valence-electron chi connectivity index (χ2n) is 3.09. The van der Waals surface area contributed by atoms with E-state index in [1.165, 1.54) is 0 Å². The van der Waals surface area contributed by atoms with Crippen LogP contribution in [0.5, 0.6) is 0 Å². The van der Waals surface area contributed by atoms with Gasteiger partial charge in [0.1, 0.15) is 5.82 Å². The molecule has 0 bridgehead atoms. The van der Waals surface area contributed by atoms with Gasteiger partial charge in [-0.3, -0.25) is 5.32 Å².